The molecule has 0 saturated carbocycles. The number of methoxy groups -OCH3 is 1. The average Bonchev–Trinajstić information content (AvgIpc) is 2.29. The molecule has 1 amide bonds. The van der Waals surface area contributed by atoms with Crippen molar-refractivity contribution in [2.24, 2.45) is 11.5 Å². The first-order valence-electron chi connectivity index (χ1n) is 4.92. The first-order valence-corrected chi connectivity index (χ1v) is 4.92. The number of nitrogens with two attached hydrogens (primary N) is 2. The van der Waals surface area contributed by atoms with E-state index in [9.17, 15) is 9.59 Å². The van der Waals surface area contributed by atoms with Crippen LogP contribution in [0, 0.1) is 0 Å². The zero-order chi connectivity index (χ0) is 12.8. The number of hydrogen-bond donors (Lipinski definition) is 2. The Bertz CT molecular complexity index is 402. The molecule has 6 nitrogen and oxygen atoms in total. The van der Waals surface area contributed by atoms with Crippen molar-refractivity contribution < 1.29 is 19.1 Å². The molecule has 0 bridgehead atoms. The molecule has 4 N–H and O–H groups in total. The normalized spacial score (nSPS) is 11.6. The third-order valence-corrected chi connectivity index (χ3v) is 2.12. The maximum Gasteiger partial charge on any atom is 0.412 e. The van der Waals surface area contributed by atoms with Crippen LogP contribution < -0.4 is 16.2 Å². The molecular weight excluding hydrogens is 224 g/mol. The Balaban J connectivity index is 2.57. The van der Waals surface area contributed by atoms with Crippen molar-refractivity contribution in [3.63, 3.8) is 0 Å². The molecule has 0 aliphatic heterocycles. The monoisotopic (exact) mass is 238 g/mol. The molecule has 0 aromatic heterocycles. The van der Waals surface area contributed by atoms with Gasteiger partial charge in [-0.3, -0.25) is 0 Å². The second kappa shape index (κ2) is 5.86. The van der Waals surface area contributed by atoms with E-state index in [4.69, 9.17) is 16.2 Å². The standard InChI is InChI=1S/C11H14N2O4/c1-16-8-4-2-7(3-5-8)6-9(12)10(14)17-11(13)15/h2-5,9H,6,12H2,1H3,(H2,13,15)/t9-/m0/s1. The fourth-order valence-corrected chi connectivity index (χ4v) is 1.27. The highest BCUT2D eigenvalue weighted by molar-refractivity contribution is 5.86. The maximum absolute atomic E-state index is 11.2. The number of benzene rings is 1. The minimum atomic E-state index is -1.15. The molecule has 0 aliphatic carbocycles. The summed E-state index contributed by atoms with van der Waals surface area (Å²) in [7, 11) is 1.56. The van der Waals surface area contributed by atoms with Gasteiger partial charge in [0.1, 0.15) is 11.8 Å². The van der Waals surface area contributed by atoms with E-state index in [1.807, 2.05) is 0 Å². The zero-order valence-electron chi connectivity index (χ0n) is 9.38. The predicted octanol–water partition coefficient (Wildman–Crippen LogP) is 0.187. The van der Waals surface area contributed by atoms with E-state index < -0.39 is 18.1 Å². The lowest BCUT2D eigenvalue weighted by Gasteiger charge is -2.09. The van der Waals surface area contributed by atoms with Gasteiger partial charge in [0.15, 0.2) is 0 Å². The van der Waals surface area contributed by atoms with Crippen LogP contribution in [-0.2, 0) is 16.0 Å². The lowest BCUT2D eigenvalue weighted by atomic mass is 10.1. The Morgan fingerprint density at radius 2 is 1.88 bits per heavy atom. The van der Waals surface area contributed by atoms with Crippen LogP contribution in [0.15, 0.2) is 24.3 Å². The summed E-state index contributed by atoms with van der Waals surface area (Å²) in [5, 5.41) is 0. The molecule has 17 heavy (non-hydrogen) atoms. The quantitative estimate of drug-likeness (QED) is 0.575. The van der Waals surface area contributed by atoms with Gasteiger partial charge in [-0.2, -0.15) is 0 Å². The van der Waals surface area contributed by atoms with Crippen LogP contribution in [0.4, 0.5) is 4.79 Å². The van der Waals surface area contributed by atoms with Gasteiger partial charge in [0.25, 0.3) is 0 Å². The number of hydrogen-bond acceptors (Lipinski definition) is 5. The molecule has 6 heteroatoms. The molecule has 0 heterocycles. The molecular formula is C11H14N2O4. The highest BCUT2D eigenvalue weighted by atomic mass is 16.6. The molecule has 0 radical (unpaired) electrons. The molecule has 0 fully saturated rings. The van der Waals surface area contributed by atoms with Gasteiger partial charge in [-0.1, -0.05) is 12.1 Å². The van der Waals surface area contributed by atoms with Crippen molar-refractivity contribution in [1.29, 1.82) is 0 Å². The van der Waals surface area contributed by atoms with Crippen molar-refractivity contribution in [2.75, 3.05) is 7.11 Å². The first kappa shape index (κ1) is 13.0. The largest absolute Gasteiger partial charge is 0.497 e. The molecule has 1 atom stereocenters. The van der Waals surface area contributed by atoms with E-state index in [1.165, 1.54) is 0 Å². The third-order valence-electron chi connectivity index (χ3n) is 2.12. The van der Waals surface area contributed by atoms with Crippen molar-refractivity contribution in [3.8, 4) is 5.75 Å². The lowest BCUT2D eigenvalue weighted by Crippen LogP contribution is -2.36. The summed E-state index contributed by atoms with van der Waals surface area (Å²) < 4.78 is 9.17. The van der Waals surface area contributed by atoms with Crippen molar-refractivity contribution >= 4 is 12.1 Å². The van der Waals surface area contributed by atoms with E-state index in [0.717, 1.165) is 5.56 Å². The first-order chi connectivity index (χ1) is 8.02. The van der Waals surface area contributed by atoms with Crippen molar-refractivity contribution in [2.45, 2.75) is 12.5 Å². The third kappa shape index (κ3) is 4.12. The summed E-state index contributed by atoms with van der Waals surface area (Å²) in [5.74, 6) is -0.129. The van der Waals surface area contributed by atoms with Crippen LogP contribution in [0.5, 0.6) is 5.75 Å². The van der Waals surface area contributed by atoms with Crippen molar-refractivity contribution in [1.82, 2.24) is 0 Å². The molecule has 1 aromatic carbocycles. The summed E-state index contributed by atoms with van der Waals surface area (Å²) in [6.07, 6.45) is -0.893. The Kier molecular flexibility index (Phi) is 4.47. The minimum Gasteiger partial charge on any atom is -0.497 e. The Morgan fingerprint density at radius 3 is 2.35 bits per heavy atom. The molecule has 0 saturated heterocycles. The molecule has 1 rings (SSSR count). The van der Waals surface area contributed by atoms with E-state index >= 15 is 0 Å². The smallest absolute Gasteiger partial charge is 0.412 e. The fraction of sp³-hybridized carbons (Fsp3) is 0.273. The number of carbonyl (C=O) groups is 2. The van der Waals surface area contributed by atoms with Gasteiger partial charge < -0.3 is 20.9 Å². The molecule has 92 valence electrons. The molecule has 1 aromatic rings. The number of esters is 1. The highest BCUT2D eigenvalue weighted by Gasteiger charge is 2.17. The number of primary amides is 1. The SMILES string of the molecule is COc1ccc(C[C@H](N)C(=O)OC(N)=O)cc1. The number of amides is 1. The average molecular weight is 238 g/mol. The summed E-state index contributed by atoms with van der Waals surface area (Å²) in [6.45, 7) is 0. The van der Waals surface area contributed by atoms with Gasteiger partial charge >= 0.3 is 12.1 Å². The van der Waals surface area contributed by atoms with Crippen LogP contribution in [-0.4, -0.2) is 25.2 Å². The summed E-state index contributed by atoms with van der Waals surface area (Å²) in [6, 6.07) is 6.13. The summed E-state index contributed by atoms with van der Waals surface area (Å²) in [5.41, 5.74) is 11.1. The maximum atomic E-state index is 11.2. The van der Waals surface area contributed by atoms with Crippen LogP contribution >= 0.6 is 0 Å². The number of carbonyl (C=O) groups excluding carboxylic acids is 2. The van der Waals surface area contributed by atoms with Gasteiger partial charge in [0, 0.05) is 0 Å². The van der Waals surface area contributed by atoms with Crippen LogP contribution in [0.3, 0.4) is 0 Å². The second-order valence-electron chi connectivity index (χ2n) is 3.40. The second-order valence-corrected chi connectivity index (χ2v) is 3.40. The minimum absolute atomic E-state index is 0.260. The van der Waals surface area contributed by atoms with E-state index in [0.29, 0.717) is 5.75 Å². The fourth-order valence-electron chi connectivity index (χ4n) is 1.27. The van der Waals surface area contributed by atoms with Crippen LogP contribution in [0.2, 0.25) is 0 Å². The van der Waals surface area contributed by atoms with E-state index in [-0.39, 0.29) is 6.42 Å². The molecule has 0 spiro atoms. The molecule has 0 aliphatic rings. The van der Waals surface area contributed by atoms with Crippen LogP contribution in [0.1, 0.15) is 5.56 Å². The van der Waals surface area contributed by atoms with Gasteiger partial charge in [0.05, 0.1) is 7.11 Å². The van der Waals surface area contributed by atoms with Gasteiger partial charge in [-0.15, -0.1) is 0 Å². The van der Waals surface area contributed by atoms with E-state index in [1.54, 1.807) is 31.4 Å². The zero-order valence-corrected chi connectivity index (χ0v) is 9.38. The molecule has 0 unspecified atom stereocenters. The Morgan fingerprint density at radius 1 is 1.29 bits per heavy atom. The summed E-state index contributed by atoms with van der Waals surface area (Å²) in [4.78, 5) is 21.6. The lowest BCUT2D eigenvalue weighted by molar-refractivity contribution is -0.138. The predicted molar refractivity (Wildman–Crippen MR) is 60.3 cm³/mol. The van der Waals surface area contributed by atoms with E-state index in [2.05, 4.69) is 4.74 Å². The van der Waals surface area contributed by atoms with Crippen LogP contribution in [0.25, 0.3) is 0 Å². The highest BCUT2D eigenvalue weighted by Crippen LogP contribution is 2.12. The topological polar surface area (TPSA) is 105 Å². The summed E-state index contributed by atoms with van der Waals surface area (Å²) >= 11 is 0. The van der Waals surface area contributed by atoms with Gasteiger partial charge in [0.2, 0.25) is 0 Å². The number of rotatable bonds is 4. The van der Waals surface area contributed by atoms with Gasteiger partial charge in [-0.25, -0.2) is 9.59 Å². The Labute approximate surface area is 98.5 Å². The van der Waals surface area contributed by atoms with Crippen molar-refractivity contribution in [3.05, 3.63) is 29.8 Å². The van der Waals surface area contributed by atoms with Gasteiger partial charge in [-0.05, 0) is 24.1 Å². The Hall–Kier alpha value is -2.08. The number of ether oxygens (including phenoxy) is 2.